The Morgan fingerprint density at radius 2 is 2.28 bits per heavy atom. The fourth-order valence-corrected chi connectivity index (χ4v) is 1.60. The van der Waals surface area contributed by atoms with Crippen LogP contribution in [-0.4, -0.2) is 24.2 Å². The molecule has 18 heavy (non-hydrogen) atoms. The zero-order valence-corrected chi connectivity index (χ0v) is 10.6. The number of halogens is 1. The van der Waals surface area contributed by atoms with Gasteiger partial charge in [0.2, 0.25) is 0 Å². The minimum Gasteiger partial charge on any atom is -0.508 e. The Hall–Kier alpha value is -1.62. The summed E-state index contributed by atoms with van der Waals surface area (Å²) in [4.78, 5) is 11.1. The van der Waals surface area contributed by atoms with Crippen LogP contribution in [-0.2, 0) is 9.53 Å². The number of aromatic hydroxyl groups is 1. The summed E-state index contributed by atoms with van der Waals surface area (Å²) in [6, 6.07) is 3.79. The van der Waals surface area contributed by atoms with Crippen LogP contribution in [0, 0.1) is 5.82 Å². The van der Waals surface area contributed by atoms with E-state index in [1.807, 2.05) is 0 Å². The Labute approximate surface area is 106 Å². The lowest BCUT2D eigenvalue weighted by atomic mass is 10.1. The third kappa shape index (κ3) is 4.33. The zero-order valence-electron chi connectivity index (χ0n) is 10.6. The summed E-state index contributed by atoms with van der Waals surface area (Å²) in [6.45, 7) is 4.32. The van der Waals surface area contributed by atoms with Crippen molar-refractivity contribution in [1.82, 2.24) is 5.32 Å². The minimum absolute atomic E-state index is 0.102. The van der Waals surface area contributed by atoms with Crippen molar-refractivity contribution in [3.63, 3.8) is 0 Å². The van der Waals surface area contributed by atoms with Crippen LogP contribution in [0.2, 0.25) is 0 Å². The lowest BCUT2D eigenvalue weighted by molar-refractivity contribution is -0.143. The number of phenolic OH excluding ortho intramolecular Hbond substituents is 1. The van der Waals surface area contributed by atoms with E-state index in [0.29, 0.717) is 18.7 Å². The number of benzene rings is 1. The summed E-state index contributed by atoms with van der Waals surface area (Å²) in [5.41, 5.74) is 0.455. The molecule has 1 aromatic carbocycles. The third-order valence-corrected chi connectivity index (χ3v) is 2.54. The van der Waals surface area contributed by atoms with Crippen molar-refractivity contribution in [1.29, 1.82) is 0 Å². The van der Waals surface area contributed by atoms with E-state index in [2.05, 4.69) is 5.32 Å². The van der Waals surface area contributed by atoms with E-state index in [-0.39, 0.29) is 24.2 Å². The fourth-order valence-electron chi connectivity index (χ4n) is 1.60. The number of ether oxygens (including phenoxy) is 1. The molecular formula is C13H18FNO3. The van der Waals surface area contributed by atoms with Gasteiger partial charge in [0, 0.05) is 24.2 Å². The normalized spacial score (nSPS) is 12.2. The van der Waals surface area contributed by atoms with Crippen molar-refractivity contribution in [3.05, 3.63) is 29.6 Å². The highest BCUT2D eigenvalue weighted by Gasteiger charge is 2.11. The average Bonchev–Trinajstić information content (AvgIpc) is 2.29. The van der Waals surface area contributed by atoms with Crippen molar-refractivity contribution in [2.24, 2.45) is 0 Å². The maximum Gasteiger partial charge on any atom is 0.307 e. The van der Waals surface area contributed by atoms with Gasteiger partial charge in [0.15, 0.2) is 0 Å². The van der Waals surface area contributed by atoms with Gasteiger partial charge in [-0.2, -0.15) is 0 Å². The number of esters is 1. The van der Waals surface area contributed by atoms with Gasteiger partial charge in [-0.15, -0.1) is 0 Å². The van der Waals surface area contributed by atoms with Crippen LogP contribution in [0.1, 0.15) is 31.9 Å². The Morgan fingerprint density at radius 1 is 1.56 bits per heavy atom. The maximum atomic E-state index is 13.5. The molecule has 0 spiro atoms. The number of carbonyl (C=O) groups is 1. The second-order valence-electron chi connectivity index (χ2n) is 3.94. The van der Waals surface area contributed by atoms with E-state index < -0.39 is 5.82 Å². The lowest BCUT2D eigenvalue weighted by Crippen LogP contribution is -2.23. The predicted molar refractivity (Wildman–Crippen MR) is 65.7 cm³/mol. The average molecular weight is 255 g/mol. The summed E-state index contributed by atoms with van der Waals surface area (Å²) in [5, 5.41) is 12.1. The highest BCUT2D eigenvalue weighted by molar-refractivity contribution is 5.69. The number of hydrogen-bond donors (Lipinski definition) is 2. The molecule has 100 valence electrons. The molecule has 0 aliphatic carbocycles. The fraction of sp³-hybridized carbons (Fsp3) is 0.462. The van der Waals surface area contributed by atoms with Crippen molar-refractivity contribution >= 4 is 5.97 Å². The van der Waals surface area contributed by atoms with Crippen LogP contribution >= 0.6 is 0 Å². The zero-order chi connectivity index (χ0) is 13.5. The van der Waals surface area contributed by atoms with Gasteiger partial charge in [0.25, 0.3) is 0 Å². The molecule has 5 heteroatoms. The van der Waals surface area contributed by atoms with Gasteiger partial charge in [-0.25, -0.2) is 4.39 Å². The molecule has 0 aromatic heterocycles. The van der Waals surface area contributed by atoms with Gasteiger partial charge >= 0.3 is 5.97 Å². The second-order valence-corrected chi connectivity index (χ2v) is 3.94. The van der Waals surface area contributed by atoms with E-state index in [4.69, 9.17) is 9.84 Å². The predicted octanol–water partition coefficient (Wildman–Crippen LogP) is 2.14. The number of nitrogens with one attached hydrogen (secondary N) is 1. The molecule has 0 saturated carbocycles. The molecule has 0 fully saturated rings. The van der Waals surface area contributed by atoms with Crippen molar-refractivity contribution in [2.75, 3.05) is 13.2 Å². The van der Waals surface area contributed by atoms with E-state index in [0.717, 1.165) is 6.07 Å². The van der Waals surface area contributed by atoms with Gasteiger partial charge in [-0.1, -0.05) is 6.07 Å². The smallest absolute Gasteiger partial charge is 0.307 e. The van der Waals surface area contributed by atoms with Gasteiger partial charge in [-0.05, 0) is 19.9 Å². The quantitative estimate of drug-likeness (QED) is 0.765. The standard InChI is InChI=1S/C13H18FNO3/c1-3-18-13(17)6-7-15-9(2)11-5-4-10(16)8-12(11)14/h4-5,8-9,15-16H,3,6-7H2,1-2H3. The van der Waals surface area contributed by atoms with E-state index in [9.17, 15) is 9.18 Å². The first kappa shape index (κ1) is 14.4. The van der Waals surface area contributed by atoms with E-state index >= 15 is 0 Å². The van der Waals surface area contributed by atoms with Crippen LogP contribution in [0.15, 0.2) is 18.2 Å². The van der Waals surface area contributed by atoms with E-state index in [1.165, 1.54) is 12.1 Å². The summed E-state index contributed by atoms with van der Waals surface area (Å²) in [5.74, 6) is -0.843. The van der Waals surface area contributed by atoms with Crippen LogP contribution in [0.3, 0.4) is 0 Å². The van der Waals surface area contributed by atoms with Crippen LogP contribution in [0.5, 0.6) is 5.75 Å². The van der Waals surface area contributed by atoms with Gasteiger partial charge in [0.05, 0.1) is 13.0 Å². The molecule has 0 bridgehead atoms. The molecule has 0 heterocycles. The van der Waals surface area contributed by atoms with Gasteiger partial charge in [0.1, 0.15) is 11.6 Å². The first-order valence-electron chi connectivity index (χ1n) is 5.92. The van der Waals surface area contributed by atoms with Gasteiger partial charge in [-0.3, -0.25) is 4.79 Å². The van der Waals surface area contributed by atoms with Crippen molar-refractivity contribution in [3.8, 4) is 5.75 Å². The molecule has 0 saturated heterocycles. The molecule has 1 rings (SSSR count). The van der Waals surface area contributed by atoms with Crippen molar-refractivity contribution < 1.29 is 19.0 Å². The van der Waals surface area contributed by atoms with Crippen molar-refractivity contribution in [2.45, 2.75) is 26.3 Å². The Bertz CT molecular complexity index is 409. The molecule has 1 atom stereocenters. The first-order chi connectivity index (χ1) is 8.54. The highest BCUT2D eigenvalue weighted by Crippen LogP contribution is 2.20. The van der Waals surface area contributed by atoms with E-state index in [1.54, 1.807) is 13.8 Å². The van der Waals surface area contributed by atoms with Gasteiger partial charge < -0.3 is 15.2 Å². The number of carbonyl (C=O) groups excluding carboxylic acids is 1. The summed E-state index contributed by atoms with van der Waals surface area (Å²) >= 11 is 0. The Kier molecular flexibility index (Phi) is 5.58. The number of hydrogen-bond acceptors (Lipinski definition) is 4. The summed E-state index contributed by atoms with van der Waals surface area (Å²) in [6.07, 6.45) is 0.248. The SMILES string of the molecule is CCOC(=O)CCNC(C)c1ccc(O)cc1F. The molecule has 1 aromatic rings. The largest absolute Gasteiger partial charge is 0.508 e. The Morgan fingerprint density at radius 3 is 2.89 bits per heavy atom. The second kappa shape index (κ2) is 6.96. The topological polar surface area (TPSA) is 58.6 Å². The molecule has 0 radical (unpaired) electrons. The molecule has 0 aliphatic rings. The number of rotatable bonds is 6. The van der Waals surface area contributed by atoms with Crippen LogP contribution < -0.4 is 5.32 Å². The number of phenols is 1. The molecule has 2 N–H and O–H groups in total. The minimum atomic E-state index is -0.467. The third-order valence-electron chi connectivity index (χ3n) is 2.54. The Balaban J connectivity index is 2.45. The lowest BCUT2D eigenvalue weighted by Gasteiger charge is -2.14. The maximum absolute atomic E-state index is 13.5. The highest BCUT2D eigenvalue weighted by atomic mass is 19.1. The monoisotopic (exact) mass is 255 g/mol. The molecule has 0 amide bonds. The molecule has 4 nitrogen and oxygen atoms in total. The summed E-state index contributed by atoms with van der Waals surface area (Å²) in [7, 11) is 0. The van der Waals surface area contributed by atoms with Crippen LogP contribution in [0.25, 0.3) is 0 Å². The molecule has 1 unspecified atom stereocenters. The summed E-state index contributed by atoms with van der Waals surface area (Å²) < 4.78 is 18.3. The molecular weight excluding hydrogens is 237 g/mol. The first-order valence-corrected chi connectivity index (χ1v) is 5.92. The van der Waals surface area contributed by atoms with Crippen LogP contribution in [0.4, 0.5) is 4.39 Å². The molecule has 0 aliphatic heterocycles.